The number of aromatic amines is 1. The smallest absolute Gasteiger partial charge is 0.199 e. The molecular weight excluding hydrogens is 461 g/mol. The maximum Gasteiger partial charge on any atom is 0.199 e. The number of H-pyrrole nitrogens is 1. The first-order valence-electron chi connectivity index (χ1n) is 8.90. The number of nitrogens with one attached hydrogen (secondary N) is 2. The van der Waals surface area contributed by atoms with Crippen LogP contribution in [-0.2, 0) is 0 Å². The summed E-state index contributed by atoms with van der Waals surface area (Å²) >= 11 is 2.22. The molecule has 0 saturated carbocycles. The van der Waals surface area contributed by atoms with Crippen LogP contribution in [0, 0.1) is 10.5 Å². The van der Waals surface area contributed by atoms with Crippen LogP contribution in [-0.4, -0.2) is 16.0 Å². The Morgan fingerprint density at radius 1 is 0.964 bits per heavy atom. The van der Waals surface area contributed by atoms with Crippen molar-refractivity contribution in [2.75, 3.05) is 5.32 Å². The van der Waals surface area contributed by atoms with E-state index in [9.17, 15) is 4.79 Å². The lowest BCUT2D eigenvalue weighted by Crippen LogP contribution is -2.06. The zero-order valence-electron chi connectivity index (χ0n) is 15.2. The summed E-state index contributed by atoms with van der Waals surface area (Å²) in [7, 11) is 0. The van der Waals surface area contributed by atoms with Gasteiger partial charge in [0.15, 0.2) is 5.78 Å². The van der Waals surface area contributed by atoms with Gasteiger partial charge in [-0.1, -0.05) is 54.6 Å². The molecule has 0 atom stereocenters. The van der Waals surface area contributed by atoms with Gasteiger partial charge in [-0.2, -0.15) is 5.10 Å². The van der Waals surface area contributed by atoms with Gasteiger partial charge in [0.05, 0.1) is 5.56 Å². The maximum atomic E-state index is 13.5. The van der Waals surface area contributed by atoms with Gasteiger partial charge in [0.25, 0.3) is 0 Å². The number of hydrogen-bond acceptors (Lipinski definition) is 3. The quantitative estimate of drug-likeness (QED) is 0.274. The third kappa shape index (κ3) is 3.71. The predicted molar refractivity (Wildman–Crippen MR) is 121 cm³/mol. The van der Waals surface area contributed by atoms with E-state index in [0.717, 1.165) is 20.4 Å². The molecule has 4 nitrogen and oxygen atoms in total. The Kier molecular flexibility index (Phi) is 5.25. The Labute approximate surface area is 177 Å². The first-order valence-corrected chi connectivity index (χ1v) is 9.98. The summed E-state index contributed by atoms with van der Waals surface area (Å²) in [5.74, 6) is 0.525. The van der Waals surface area contributed by atoms with Crippen LogP contribution in [0.15, 0.2) is 78.9 Å². The minimum absolute atomic E-state index is 0.0658. The number of para-hydroxylation sites is 1. The van der Waals surface area contributed by atoms with Crippen molar-refractivity contribution in [3.05, 3.63) is 99.1 Å². The van der Waals surface area contributed by atoms with Gasteiger partial charge in [-0.15, -0.1) is 0 Å². The lowest BCUT2D eigenvalue weighted by molar-refractivity contribution is 0.104. The van der Waals surface area contributed by atoms with Gasteiger partial charge in [0.1, 0.15) is 11.5 Å². The SMILES string of the molecule is Cc1ccccc1-c1n[nH]c(Nc2ccccc2)c1C(=O)c1cccc(I)c1. The number of carbonyl (C=O) groups excluding carboxylic acids is 1. The molecule has 0 unspecified atom stereocenters. The van der Waals surface area contributed by atoms with Gasteiger partial charge in [-0.25, -0.2) is 0 Å². The molecule has 3 aromatic carbocycles. The van der Waals surface area contributed by atoms with E-state index in [4.69, 9.17) is 0 Å². The molecule has 5 heteroatoms. The van der Waals surface area contributed by atoms with Gasteiger partial charge < -0.3 is 5.32 Å². The third-order valence-corrected chi connectivity index (χ3v) is 5.19. The van der Waals surface area contributed by atoms with Crippen LogP contribution in [0.1, 0.15) is 21.5 Å². The average Bonchev–Trinajstić information content (AvgIpc) is 3.11. The second-order valence-corrected chi connectivity index (χ2v) is 7.71. The van der Waals surface area contributed by atoms with E-state index in [0.29, 0.717) is 22.6 Å². The van der Waals surface area contributed by atoms with E-state index in [1.54, 1.807) is 0 Å². The Morgan fingerprint density at radius 2 is 1.71 bits per heavy atom. The number of aromatic nitrogens is 2. The molecule has 1 heterocycles. The van der Waals surface area contributed by atoms with E-state index in [1.165, 1.54) is 0 Å². The molecule has 0 radical (unpaired) electrons. The number of hydrogen-bond donors (Lipinski definition) is 2. The molecule has 0 aliphatic heterocycles. The molecule has 1 aromatic heterocycles. The first kappa shape index (κ1) is 18.4. The minimum atomic E-state index is -0.0658. The number of halogens is 1. The molecular formula is C23H18IN3O. The van der Waals surface area contributed by atoms with Crippen molar-refractivity contribution >= 4 is 39.9 Å². The van der Waals surface area contributed by atoms with Crippen molar-refractivity contribution in [2.45, 2.75) is 6.92 Å². The van der Waals surface area contributed by atoms with Gasteiger partial charge in [0.2, 0.25) is 0 Å². The number of benzene rings is 3. The number of carbonyl (C=O) groups is 1. The van der Waals surface area contributed by atoms with E-state index in [1.807, 2.05) is 85.8 Å². The van der Waals surface area contributed by atoms with Gasteiger partial charge >= 0.3 is 0 Å². The van der Waals surface area contributed by atoms with Crippen LogP contribution >= 0.6 is 22.6 Å². The fraction of sp³-hybridized carbons (Fsp3) is 0.0435. The summed E-state index contributed by atoms with van der Waals surface area (Å²) in [6.07, 6.45) is 0. The molecule has 28 heavy (non-hydrogen) atoms. The van der Waals surface area contributed by atoms with Crippen LogP contribution in [0.5, 0.6) is 0 Å². The second kappa shape index (κ2) is 7.98. The summed E-state index contributed by atoms with van der Waals surface area (Å²) in [6, 6.07) is 25.3. The predicted octanol–water partition coefficient (Wildman–Crippen LogP) is 5.96. The van der Waals surface area contributed by atoms with Gasteiger partial charge in [0, 0.05) is 20.4 Å². The van der Waals surface area contributed by atoms with E-state index in [-0.39, 0.29) is 5.78 Å². The lowest BCUT2D eigenvalue weighted by atomic mass is 9.97. The zero-order valence-corrected chi connectivity index (χ0v) is 17.4. The summed E-state index contributed by atoms with van der Waals surface area (Å²) < 4.78 is 1.02. The van der Waals surface area contributed by atoms with E-state index >= 15 is 0 Å². The van der Waals surface area contributed by atoms with Crippen molar-refractivity contribution in [1.29, 1.82) is 0 Å². The molecule has 2 N–H and O–H groups in total. The summed E-state index contributed by atoms with van der Waals surface area (Å²) in [4.78, 5) is 13.5. The molecule has 0 spiro atoms. The Morgan fingerprint density at radius 3 is 2.46 bits per heavy atom. The molecule has 0 bridgehead atoms. The number of rotatable bonds is 5. The topological polar surface area (TPSA) is 57.8 Å². The fourth-order valence-electron chi connectivity index (χ4n) is 3.13. The van der Waals surface area contributed by atoms with Crippen molar-refractivity contribution in [3.63, 3.8) is 0 Å². The van der Waals surface area contributed by atoms with Crippen molar-refractivity contribution < 1.29 is 4.79 Å². The molecule has 0 aliphatic rings. The first-order chi connectivity index (χ1) is 13.6. The highest BCUT2D eigenvalue weighted by Gasteiger charge is 2.24. The third-order valence-electron chi connectivity index (χ3n) is 4.52. The monoisotopic (exact) mass is 479 g/mol. The van der Waals surface area contributed by atoms with Crippen LogP contribution in [0.3, 0.4) is 0 Å². The summed E-state index contributed by atoms with van der Waals surface area (Å²) in [6.45, 7) is 2.02. The zero-order chi connectivity index (χ0) is 19.5. The van der Waals surface area contributed by atoms with Crippen LogP contribution in [0.25, 0.3) is 11.3 Å². The number of aryl methyl sites for hydroxylation is 1. The van der Waals surface area contributed by atoms with Crippen LogP contribution < -0.4 is 5.32 Å². The van der Waals surface area contributed by atoms with E-state index in [2.05, 4.69) is 38.1 Å². The van der Waals surface area contributed by atoms with E-state index < -0.39 is 0 Å². The Bertz CT molecular complexity index is 1140. The molecule has 0 amide bonds. The normalized spacial score (nSPS) is 10.6. The standard InChI is InChI=1S/C23H18IN3O/c1-15-8-5-6-13-19(15)21-20(22(28)16-9-7-10-17(24)14-16)23(27-26-21)25-18-11-3-2-4-12-18/h2-14H,1H3,(H2,25,26,27). The molecule has 0 saturated heterocycles. The van der Waals surface area contributed by atoms with Crippen LogP contribution in [0.2, 0.25) is 0 Å². The summed E-state index contributed by atoms with van der Waals surface area (Å²) in [5, 5.41) is 10.8. The highest BCUT2D eigenvalue weighted by atomic mass is 127. The molecule has 0 fully saturated rings. The molecule has 0 aliphatic carbocycles. The van der Waals surface area contributed by atoms with Crippen molar-refractivity contribution in [3.8, 4) is 11.3 Å². The molecule has 4 aromatic rings. The summed E-state index contributed by atoms with van der Waals surface area (Å²) in [5.41, 5.74) is 4.73. The number of anilines is 2. The van der Waals surface area contributed by atoms with Crippen molar-refractivity contribution in [1.82, 2.24) is 10.2 Å². The Balaban J connectivity index is 1.86. The lowest BCUT2D eigenvalue weighted by Gasteiger charge is -2.09. The van der Waals surface area contributed by atoms with Crippen LogP contribution in [0.4, 0.5) is 11.5 Å². The minimum Gasteiger partial charge on any atom is -0.340 e. The van der Waals surface area contributed by atoms with Gasteiger partial charge in [-0.3, -0.25) is 9.89 Å². The second-order valence-electron chi connectivity index (χ2n) is 6.47. The fourth-order valence-corrected chi connectivity index (χ4v) is 3.67. The highest BCUT2D eigenvalue weighted by molar-refractivity contribution is 14.1. The molecule has 138 valence electrons. The largest absolute Gasteiger partial charge is 0.340 e. The molecule has 4 rings (SSSR count). The van der Waals surface area contributed by atoms with Crippen molar-refractivity contribution in [2.24, 2.45) is 0 Å². The number of ketones is 1. The Hall–Kier alpha value is -2.93. The maximum absolute atomic E-state index is 13.5. The van der Waals surface area contributed by atoms with Gasteiger partial charge in [-0.05, 0) is 59.3 Å². The average molecular weight is 479 g/mol. The highest BCUT2D eigenvalue weighted by Crippen LogP contribution is 2.32. The number of nitrogens with zero attached hydrogens (tertiary/aromatic N) is 1.